The highest BCUT2D eigenvalue weighted by Gasteiger charge is 2.66. The van der Waals surface area contributed by atoms with Crippen molar-refractivity contribution in [3.63, 3.8) is 0 Å². The van der Waals surface area contributed by atoms with Crippen LogP contribution in [-0.4, -0.2) is 24.8 Å². The van der Waals surface area contributed by atoms with Crippen LogP contribution < -0.4 is 0 Å². The first-order valence-electron chi connectivity index (χ1n) is 9.71. The van der Waals surface area contributed by atoms with Gasteiger partial charge in [0.25, 0.3) is 0 Å². The van der Waals surface area contributed by atoms with E-state index in [2.05, 4.69) is 19.9 Å². The van der Waals surface area contributed by atoms with Gasteiger partial charge in [0.15, 0.2) is 11.6 Å². The minimum atomic E-state index is -0.308. The molecule has 0 N–H and O–H groups in total. The van der Waals surface area contributed by atoms with E-state index in [1.807, 2.05) is 6.08 Å². The van der Waals surface area contributed by atoms with Gasteiger partial charge in [-0.1, -0.05) is 25.5 Å². The zero-order chi connectivity index (χ0) is 16.6. The summed E-state index contributed by atoms with van der Waals surface area (Å²) in [5.74, 6) is 1.96. The van der Waals surface area contributed by atoms with Gasteiger partial charge >= 0.3 is 0 Å². The van der Waals surface area contributed by atoms with Gasteiger partial charge in [-0.25, -0.2) is 0 Å². The van der Waals surface area contributed by atoms with Gasteiger partial charge in [0.1, 0.15) is 0 Å². The molecule has 0 radical (unpaired) electrons. The molecule has 130 valence electrons. The SMILES string of the molecule is C[C@]12C=CC(=O)C=C1CC[C@@H]1[C@H]2CC[C@]2(C)[C@@H]1CCC21OCCO1. The summed E-state index contributed by atoms with van der Waals surface area (Å²) in [4.78, 5) is 11.8. The number of allylic oxidation sites excluding steroid dienone is 4. The molecule has 0 aromatic heterocycles. The molecule has 4 fully saturated rings. The minimum Gasteiger partial charge on any atom is -0.347 e. The molecule has 0 aromatic carbocycles. The summed E-state index contributed by atoms with van der Waals surface area (Å²) in [6.07, 6.45) is 12.9. The Morgan fingerprint density at radius 1 is 1.04 bits per heavy atom. The average molecular weight is 328 g/mol. The molecule has 24 heavy (non-hydrogen) atoms. The molecule has 0 aromatic rings. The molecule has 1 heterocycles. The van der Waals surface area contributed by atoms with Crippen molar-refractivity contribution in [1.82, 2.24) is 0 Å². The van der Waals surface area contributed by atoms with Gasteiger partial charge in [0, 0.05) is 17.3 Å². The third-order valence-corrected chi connectivity index (χ3v) is 8.35. The van der Waals surface area contributed by atoms with Crippen LogP contribution in [0.3, 0.4) is 0 Å². The highest BCUT2D eigenvalue weighted by Crippen LogP contribution is 2.68. The minimum absolute atomic E-state index is 0.0886. The quantitative estimate of drug-likeness (QED) is 0.673. The van der Waals surface area contributed by atoms with Gasteiger partial charge in [-0.2, -0.15) is 0 Å². The van der Waals surface area contributed by atoms with Gasteiger partial charge in [-0.3, -0.25) is 4.79 Å². The molecule has 1 spiro atoms. The van der Waals surface area contributed by atoms with Gasteiger partial charge < -0.3 is 9.47 Å². The fraction of sp³-hybridized carbons (Fsp3) is 0.762. The van der Waals surface area contributed by atoms with Crippen LogP contribution in [0.4, 0.5) is 0 Å². The van der Waals surface area contributed by atoms with E-state index in [1.54, 1.807) is 6.08 Å². The van der Waals surface area contributed by atoms with E-state index in [9.17, 15) is 4.79 Å². The van der Waals surface area contributed by atoms with E-state index in [-0.39, 0.29) is 22.4 Å². The van der Waals surface area contributed by atoms with Crippen molar-refractivity contribution < 1.29 is 14.3 Å². The Bertz CT molecular complexity index is 641. The van der Waals surface area contributed by atoms with Gasteiger partial charge in [-0.15, -0.1) is 0 Å². The van der Waals surface area contributed by atoms with Crippen LogP contribution in [0.2, 0.25) is 0 Å². The molecule has 1 aliphatic heterocycles. The Labute approximate surface area is 144 Å². The molecule has 0 unspecified atom stereocenters. The molecule has 5 aliphatic rings. The molecule has 3 heteroatoms. The Balaban J connectivity index is 1.51. The number of hydrogen-bond donors (Lipinski definition) is 0. The van der Waals surface area contributed by atoms with Gasteiger partial charge in [-0.05, 0) is 62.0 Å². The maximum Gasteiger partial charge on any atom is 0.178 e. The molecule has 1 saturated heterocycles. The van der Waals surface area contributed by atoms with Crippen LogP contribution in [0, 0.1) is 28.6 Å². The zero-order valence-corrected chi connectivity index (χ0v) is 14.8. The predicted molar refractivity (Wildman–Crippen MR) is 91.3 cm³/mol. The second kappa shape index (κ2) is 4.82. The van der Waals surface area contributed by atoms with E-state index >= 15 is 0 Å². The Morgan fingerprint density at radius 2 is 1.79 bits per heavy atom. The molecular formula is C21H28O3. The number of carbonyl (C=O) groups is 1. The summed E-state index contributed by atoms with van der Waals surface area (Å²) in [6, 6.07) is 0. The largest absolute Gasteiger partial charge is 0.347 e. The summed E-state index contributed by atoms with van der Waals surface area (Å²) in [7, 11) is 0. The van der Waals surface area contributed by atoms with E-state index < -0.39 is 0 Å². The Morgan fingerprint density at radius 3 is 2.58 bits per heavy atom. The number of ketones is 1. The first-order chi connectivity index (χ1) is 11.5. The average Bonchev–Trinajstić information content (AvgIpc) is 3.15. The van der Waals surface area contributed by atoms with Crippen molar-refractivity contribution in [1.29, 1.82) is 0 Å². The lowest BCUT2D eigenvalue weighted by molar-refractivity contribution is -0.241. The third kappa shape index (κ3) is 1.73. The summed E-state index contributed by atoms with van der Waals surface area (Å²) in [5.41, 5.74) is 1.63. The normalized spacial score (nSPS) is 48.8. The fourth-order valence-corrected chi connectivity index (χ4v) is 7.08. The molecule has 3 nitrogen and oxygen atoms in total. The van der Waals surface area contributed by atoms with Crippen molar-refractivity contribution in [2.75, 3.05) is 13.2 Å². The first kappa shape index (κ1) is 15.3. The monoisotopic (exact) mass is 328 g/mol. The molecule has 3 saturated carbocycles. The molecule has 0 bridgehead atoms. The van der Waals surface area contributed by atoms with Crippen LogP contribution in [-0.2, 0) is 14.3 Å². The first-order valence-corrected chi connectivity index (χ1v) is 9.71. The highest BCUT2D eigenvalue weighted by atomic mass is 16.7. The molecule has 5 rings (SSSR count). The lowest BCUT2D eigenvalue weighted by Gasteiger charge is -2.57. The van der Waals surface area contributed by atoms with E-state index in [0.717, 1.165) is 32.0 Å². The second-order valence-electron chi connectivity index (χ2n) is 9.05. The molecule has 4 aliphatic carbocycles. The number of rotatable bonds is 0. The maximum absolute atomic E-state index is 11.8. The summed E-state index contributed by atoms with van der Waals surface area (Å²) in [6.45, 7) is 6.31. The van der Waals surface area contributed by atoms with E-state index in [0.29, 0.717) is 11.8 Å². The van der Waals surface area contributed by atoms with Crippen molar-refractivity contribution in [2.45, 2.75) is 58.2 Å². The van der Waals surface area contributed by atoms with Gasteiger partial charge in [0.2, 0.25) is 0 Å². The summed E-state index contributed by atoms with van der Waals surface area (Å²) in [5, 5.41) is 0. The van der Waals surface area contributed by atoms with Crippen molar-refractivity contribution in [3.05, 3.63) is 23.8 Å². The van der Waals surface area contributed by atoms with Crippen LogP contribution >= 0.6 is 0 Å². The topological polar surface area (TPSA) is 35.5 Å². The highest BCUT2D eigenvalue weighted by molar-refractivity contribution is 6.01. The second-order valence-corrected chi connectivity index (χ2v) is 9.05. The van der Waals surface area contributed by atoms with Gasteiger partial charge in [0.05, 0.1) is 13.2 Å². The number of ether oxygens (including phenoxy) is 2. The standard InChI is InChI=1S/C21H28O3/c1-19-8-5-15(22)13-14(19)3-4-16-17(19)6-9-20(2)18(16)7-10-21(20)23-11-12-24-21/h5,8,13,16-18H,3-4,6-7,9-12H2,1-2H3/t16-,17-,18-,19+,20-/m1/s1. The number of hydrogen-bond acceptors (Lipinski definition) is 3. The maximum atomic E-state index is 11.8. The van der Waals surface area contributed by atoms with Crippen molar-refractivity contribution in [3.8, 4) is 0 Å². The molecule has 5 atom stereocenters. The Kier molecular flexibility index (Phi) is 3.08. The van der Waals surface area contributed by atoms with Crippen LogP contribution in [0.1, 0.15) is 52.4 Å². The van der Waals surface area contributed by atoms with E-state index in [4.69, 9.17) is 9.47 Å². The van der Waals surface area contributed by atoms with E-state index in [1.165, 1.54) is 31.3 Å². The smallest absolute Gasteiger partial charge is 0.178 e. The lowest BCUT2D eigenvalue weighted by atomic mass is 9.48. The molecular weight excluding hydrogens is 300 g/mol. The van der Waals surface area contributed by atoms with Crippen LogP contribution in [0.5, 0.6) is 0 Å². The fourth-order valence-electron chi connectivity index (χ4n) is 7.08. The number of carbonyl (C=O) groups excluding carboxylic acids is 1. The lowest BCUT2D eigenvalue weighted by Crippen LogP contribution is -2.54. The molecule has 0 amide bonds. The summed E-state index contributed by atoms with van der Waals surface area (Å²) >= 11 is 0. The predicted octanol–water partition coefficient (Wildman–Crippen LogP) is 4.04. The Hall–Kier alpha value is -0.930. The zero-order valence-electron chi connectivity index (χ0n) is 14.8. The van der Waals surface area contributed by atoms with Crippen molar-refractivity contribution >= 4 is 5.78 Å². The van der Waals surface area contributed by atoms with Crippen molar-refractivity contribution in [2.24, 2.45) is 28.6 Å². The number of fused-ring (bicyclic) bond motifs is 6. The summed E-state index contributed by atoms with van der Waals surface area (Å²) < 4.78 is 12.4. The third-order valence-electron chi connectivity index (χ3n) is 8.35. The van der Waals surface area contributed by atoms with Crippen LogP contribution in [0.25, 0.3) is 0 Å². The van der Waals surface area contributed by atoms with Crippen LogP contribution in [0.15, 0.2) is 23.8 Å².